The normalized spacial score (nSPS) is 22.5. The van der Waals surface area contributed by atoms with E-state index in [1.807, 2.05) is 32.3 Å². The van der Waals surface area contributed by atoms with Gasteiger partial charge in [-0.3, -0.25) is 14.4 Å². The molecule has 0 radical (unpaired) electrons. The molecule has 0 saturated heterocycles. The lowest BCUT2D eigenvalue weighted by atomic mass is 9.97. The fourth-order valence-corrected chi connectivity index (χ4v) is 5.24. The number of benzene rings is 1. The molecule has 9 nitrogen and oxygen atoms in total. The molecule has 1 amide bonds. The van der Waals surface area contributed by atoms with Gasteiger partial charge >= 0.3 is 0 Å². The number of hydrogen-bond donors (Lipinski definition) is 1. The summed E-state index contributed by atoms with van der Waals surface area (Å²) in [6.07, 6.45) is 4.08. The maximum absolute atomic E-state index is 13.3. The van der Waals surface area contributed by atoms with Gasteiger partial charge in [0.05, 0.1) is 52.5 Å². The molecule has 1 fully saturated rings. The summed E-state index contributed by atoms with van der Waals surface area (Å²) in [5.41, 5.74) is 3.96. The van der Waals surface area contributed by atoms with Crippen LogP contribution in [-0.4, -0.2) is 58.2 Å². The minimum atomic E-state index is -0.827. The zero-order valence-corrected chi connectivity index (χ0v) is 20.2. The SMILES string of the molecule is C[C@@H]1Cc2nn3c(c2CN1C(=O)c1ccc(Cl)c(Cl)c1)C(O)N(Cc1cn(C2CC2)nn1)CC3. The molecule has 2 atom stereocenters. The first kappa shape index (κ1) is 22.0. The molecule has 34 heavy (non-hydrogen) atoms. The van der Waals surface area contributed by atoms with Crippen molar-refractivity contribution < 1.29 is 9.90 Å². The number of amides is 1. The van der Waals surface area contributed by atoms with Crippen LogP contribution in [0.25, 0.3) is 0 Å². The first-order valence-corrected chi connectivity index (χ1v) is 12.3. The van der Waals surface area contributed by atoms with Crippen molar-refractivity contribution in [2.75, 3.05) is 6.54 Å². The Balaban J connectivity index is 1.25. The van der Waals surface area contributed by atoms with Crippen LogP contribution in [0.4, 0.5) is 0 Å². The van der Waals surface area contributed by atoms with Crippen LogP contribution in [0.5, 0.6) is 0 Å². The van der Waals surface area contributed by atoms with Crippen LogP contribution < -0.4 is 0 Å². The number of halogens is 2. The molecule has 1 aromatic carbocycles. The van der Waals surface area contributed by atoms with Gasteiger partial charge in [-0.2, -0.15) is 5.10 Å². The van der Waals surface area contributed by atoms with Gasteiger partial charge in [0, 0.05) is 36.7 Å². The summed E-state index contributed by atoms with van der Waals surface area (Å²) in [6, 6.07) is 5.38. The lowest BCUT2D eigenvalue weighted by molar-refractivity contribution is -0.0308. The molecule has 11 heteroatoms. The van der Waals surface area contributed by atoms with E-state index < -0.39 is 6.23 Å². The number of aliphatic hydroxyl groups excluding tert-OH is 1. The number of rotatable bonds is 4. The van der Waals surface area contributed by atoms with E-state index in [0.717, 1.165) is 35.5 Å². The van der Waals surface area contributed by atoms with Gasteiger partial charge in [0.15, 0.2) is 6.23 Å². The molecular formula is C23H25Cl2N7O2. The molecule has 1 saturated carbocycles. The van der Waals surface area contributed by atoms with Crippen molar-refractivity contribution in [1.29, 1.82) is 0 Å². The molecule has 1 unspecified atom stereocenters. The average molecular weight is 502 g/mol. The predicted molar refractivity (Wildman–Crippen MR) is 125 cm³/mol. The van der Waals surface area contributed by atoms with Crippen LogP contribution in [0.15, 0.2) is 24.4 Å². The van der Waals surface area contributed by atoms with Crippen molar-refractivity contribution in [1.82, 2.24) is 34.6 Å². The summed E-state index contributed by atoms with van der Waals surface area (Å²) in [4.78, 5) is 17.1. The van der Waals surface area contributed by atoms with Crippen LogP contribution in [0.1, 0.15) is 65.0 Å². The largest absolute Gasteiger partial charge is 0.372 e. The predicted octanol–water partition coefficient (Wildman–Crippen LogP) is 3.21. The van der Waals surface area contributed by atoms with E-state index in [4.69, 9.17) is 28.3 Å². The Hall–Kier alpha value is -2.46. The maximum atomic E-state index is 13.3. The third kappa shape index (κ3) is 3.80. The summed E-state index contributed by atoms with van der Waals surface area (Å²) < 4.78 is 3.82. The number of carbonyl (C=O) groups is 1. The highest BCUT2D eigenvalue weighted by atomic mass is 35.5. The number of carbonyl (C=O) groups excluding carboxylic acids is 1. The average Bonchev–Trinajstić information content (AvgIpc) is 3.45. The minimum Gasteiger partial charge on any atom is -0.372 e. The Labute approximate surface area is 206 Å². The maximum Gasteiger partial charge on any atom is 0.254 e. The zero-order chi connectivity index (χ0) is 23.6. The van der Waals surface area contributed by atoms with Crippen molar-refractivity contribution >= 4 is 29.1 Å². The van der Waals surface area contributed by atoms with E-state index in [0.29, 0.717) is 54.3 Å². The third-order valence-corrected chi connectivity index (χ3v) is 7.73. The van der Waals surface area contributed by atoms with Gasteiger partial charge in [-0.1, -0.05) is 28.4 Å². The first-order chi connectivity index (χ1) is 16.4. The second-order valence-electron chi connectivity index (χ2n) is 9.41. The highest BCUT2D eigenvalue weighted by molar-refractivity contribution is 6.42. The highest BCUT2D eigenvalue weighted by Crippen LogP contribution is 2.36. The second kappa shape index (κ2) is 8.34. The van der Waals surface area contributed by atoms with E-state index in [1.165, 1.54) is 0 Å². The van der Waals surface area contributed by atoms with Gasteiger partial charge in [0.25, 0.3) is 5.91 Å². The Morgan fingerprint density at radius 1 is 1.21 bits per heavy atom. The van der Waals surface area contributed by atoms with Gasteiger partial charge in [-0.25, -0.2) is 4.68 Å². The number of hydrogen-bond acceptors (Lipinski definition) is 6. The fraction of sp³-hybridized carbons (Fsp3) is 0.478. The topological polar surface area (TPSA) is 92.3 Å². The Kier molecular flexibility index (Phi) is 5.40. The van der Waals surface area contributed by atoms with E-state index in [9.17, 15) is 9.90 Å². The van der Waals surface area contributed by atoms with Crippen molar-refractivity contribution in [2.24, 2.45) is 0 Å². The van der Waals surface area contributed by atoms with Crippen LogP contribution in [0.2, 0.25) is 10.0 Å². The summed E-state index contributed by atoms with van der Waals surface area (Å²) >= 11 is 12.2. The third-order valence-electron chi connectivity index (χ3n) is 6.99. The Bertz CT molecular complexity index is 1270. The van der Waals surface area contributed by atoms with Gasteiger partial charge in [0.2, 0.25) is 0 Å². The van der Waals surface area contributed by atoms with Gasteiger partial charge in [-0.05, 0) is 38.0 Å². The monoisotopic (exact) mass is 501 g/mol. The quantitative estimate of drug-likeness (QED) is 0.589. The number of nitrogens with zero attached hydrogens (tertiary/aromatic N) is 7. The van der Waals surface area contributed by atoms with Gasteiger partial charge in [0.1, 0.15) is 0 Å². The molecule has 6 rings (SSSR count). The highest BCUT2D eigenvalue weighted by Gasteiger charge is 2.37. The summed E-state index contributed by atoms with van der Waals surface area (Å²) in [7, 11) is 0. The number of fused-ring (bicyclic) bond motifs is 3. The van der Waals surface area contributed by atoms with Gasteiger partial charge < -0.3 is 10.0 Å². The molecule has 3 aliphatic rings. The van der Waals surface area contributed by atoms with Crippen LogP contribution >= 0.6 is 23.2 Å². The molecule has 4 heterocycles. The smallest absolute Gasteiger partial charge is 0.254 e. The zero-order valence-electron chi connectivity index (χ0n) is 18.7. The summed E-state index contributed by atoms with van der Waals surface area (Å²) in [6.45, 7) is 4.24. The van der Waals surface area contributed by atoms with E-state index in [-0.39, 0.29) is 11.9 Å². The molecule has 3 aromatic rings. The molecule has 1 aliphatic carbocycles. The molecular weight excluding hydrogens is 477 g/mol. The minimum absolute atomic E-state index is 0.0304. The van der Waals surface area contributed by atoms with Crippen molar-refractivity contribution in [2.45, 2.75) is 64.1 Å². The lowest BCUT2D eigenvalue weighted by Crippen LogP contribution is -2.43. The standard InChI is InChI=1S/C23H25Cl2N7O2/c1-13-8-20-17(12-30(13)22(33)14-2-5-18(24)19(25)9-14)21-23(34)29(6-7-31(21)27-20)10-15-11-32(28-26-15)16-3-4-16/h2,5,9,11,13,16,23,34H,3-4,6-8,10,12H2,1H3/t13-,23?/m1/s1. The molecule has 0 bridgehead atoms. The van der Waals surface area contributed by atoms with Crippen molar-refractivity contribution in [3.63, 3.8) is 0 Å². The second-order valence-corrected chi connectivity index (χ2v) is 10.2. The lowest BCUT2D eigenvalue weighted by Gasteiger charge is -2.36. The summed E-state index contributed by atoms with van der Waals surface area (Å²) in [5.74, 6) is -0.115. The van der Waals surface area contributed by atoms with E-state index in [2.05, 4.69) is 10.3 Å². The van der Waals surface area contributed by atoms with Crippen LogP contribution in [0, 0.1) is 0 Å². The van der Waals surface area contributed by atoms with E-state index >= 15 is 0 Å². The number of aromatic nitrogens is 5. The van der Waals surface area contributed by atoms with Crippen LogP contribution in [-0.2, 0) is 26.1 Å². The molecule has 2 aliphatic heterocycles. The van der Waals surface area contributed by atoms with Crippen molar-refractivity contribution in [3.05, 3.63) is 62.6 Å². The van der Waals surface area contributed by atoms with Crippen molar-refractivity contribution in [3.8, 4) is 0 Å². The fourth-order valence-electron chi connectivity index (χ4n) is 4.94. The summed E-state index contributed by atoms with van der Waals surface area (Å²) in [5, 5.41) is 25.4. The molecule has 2 aromatic heterocycles. The first-order valence-electron chi connectivity index (χ1n) is 11.6. The molecule has 178 valence electrons. The Morgan fingerprint density at radius 2 is 2.03 bits per heavy atom. The molecule has 0 spiro atoms. The number of aliphatic hydroxyl groups is 1. The van der Waals surface area contributed by atoms with Gasteiger partial charge in [-0.15, -0.1) is 5.10 Å². The van der Waals surface area contributed by atoms with Crippen LogP contribution in [0.3, 0.4) is 0 Å². The molecule has 1 N–H and O–H groups in total. The van der Waals surface area contributed by atoms with E-state index in [1.54, 1.807) is 18.2 Å². The Morgan fingerprint density at radius 3 is 2.79 bits per heavy atom.